The molecule has 18 heavy (non-hydrogen) atoms. The van der Waals surface area contributed by atoms with Gasteiger partial charge in [0.05, 0.1) is 0 Å². The first kappa shape index (κ1) is 13.4. The quantitative estimate of drug-likeness (QED) is 0.895. The van der Waals surface area contributed by atoms with Crippen molar-refractivity contribution in [2.24, 2.45) is 5.92 Å². The van der Waals surface area contributed by atoms with E-state index in [1.54, 1.807) is 12.1 Å². The Hall–Kier alpha value is -1.07. The molecule has 5 heteroatoms. The zero-order valence-corrected chi connectivity index (χ0v) is 11.5. The fourth-order valence-electron chi connectivity index (χ4n) is 2.54. The predicted molar refractivity (Wildman–Crippen MR) is 69.9 cm³/mol. The maximum Gasteiger partial charge on any atom is 0.246 e. The van der Waals surface area contributed by atoms with E-state index in [2.05, 4.69) is 6.92 Å². The molecule has 0 bridgehead atoms. The third-order valence-electron chi connectivity index (χ3n) is 3.53. The highest BCUT2D eigenvalue weighted by Gasteiger charge is 2.34. The second kappa shape index (κ2) is 4.90. The number of para-hydroxylation sites is 1. The molecular weight excluding hydrogens is 250 g/mol. The van der Waals surface area contributed by atoms with Gasteiger partial charge in [-0.2, -0.15) is 4.31 Å². The Balaban J connectivity index is 2.35. The van der Waals surface area contributed by atoms with Crippen LogP contribution in [0.25, 0.3) is 0 Å². The largest absolute Gasteiger partial charge is 0.507 e. The summed E-state index contributed by atoms with van der Waals surface area (Å²) in [5.41, 5.74) is 0. The summed E-state index contributed by atoms with van der Waals surface area (Å²) in [7, 11) is -3.58. The summed E-state index contributed by atoms with van der Waals surface area (Å²) in [6.07, 6.45) is 1.74. The van der Waals surface area contributed by atoms with Crippen LogP contribution in [0.15, 0.2) is 29.2 Å². The summed E-state index contributed by atoms with van der Waals surface area (Å²) in [6, 6.07) is 6.10. The molecule has 0 aliphatic carbocycles. The van der Waals surface area contributed by atoms with E-state index in [0.717, 1.165) is 12.8 Å². The highest BCUT2D eigenvalue weighted by Crippen LogP contribution is 2.31. The van der Waals surface area contributed by atoms with Crippen LogP contribution in [-0.2, 0) is 10.0 Å². The Bertz CT molecular complexity index is 527. The van der Waals surface area contributed by atoms with E-state index in [1.165, 1.54) is 16.4 Å². The van der Waals surface area contributed by atoms with E-state index >= 15 is 0 Å². The molecule has 1 N–H and O–H groups in total. The van der Waals surface area contributed by atoms with Crippen molar-refractivity contribution >= 4 is 10.0 Å². The van der Waals surface area contributed by atoms with Gasteiger partial charge in [0.1, 0.15) is 10.6 Å². The molecule has 1 aliphatic rings. The molecule has 100 valence electrons. The highest BCUT2D eigenvalue weighted by molar-refractivity contribution is 7.89. The molecule has 1 fully saturated rings. The lowest BCUT2D eigenvalue weighted by Gasteiger charge is -2.35. The Morgan fingerprint density at radius 3 is 2.56 bits per heavy atom. The lowest BCUT2D eigenvalue weighted by atomic mass is 9.95. The fourth-order valence-corrected chi connectivity index (χ4v) is 4.29. The summed E-state index contributed by atoms with van der Waals surface area (Å²) < 4.78 is 26.5. The Kier molecular flexibility index (Phi) is 3.64. The predicted octanol–water partition coefficient (Wildman–Crippen LogP) is 2.20. The lowest BCUT2D eigenvalue weighted by Crippen LogP contribution is -2.44. The molecule has 2 rings (SSSR count). The lowest BCUT2D eigenvalue weighted by molar-refractivity contribution is 0.219. The first-order valence-corrected chi connectivity index (χ1v) is 7.66. The van der Waals surface area contributed by atoms with Gasteiger partial charge in [-0.15, -0.1) is 0 Å². The molecule has 0 spiro atoms. The van der Waals surface area contributed by atoms with E-state index in [9.17, 15) is 13.5 Å². The van der Waals surface area contributed by atoms with Gasteiger partial charge in [0.25, 0.3) is 0 Å². The molecule has 1 saturated heterocycles. The molecule has 4 nitrogen and oxygen atoms in total. The first-order valence-electron chi connectivity index (χ1n) is 6.22. The Labute approximate surface area is 108 Å². The number of piperidine rings is 1. The van der Waals surface area contributed by atoms with E-state index < -0.39 is 10.0 Å². The van der Waals surface area contributed by atoms with Gasteiger partial charge >= 0.3 is 0 Å². The number of phenols is 1. The van der Waals surface area contributed by atoms with Crippen molar-refractivity contribution in [3.05, 3.63) is 24.3 Å². The highest BCUT2D eigenvalue weighted by atomic mass is 32.2. The van der Waals surface area contributed by atoms with Crippen LogP contribution in [0.5, 0.6) is 5.75 Å². The smallest absolute Gasteiger partial charge is 0.246 e. The van der Waals surface area contributed by atoms with Crippen LogP contribution in [0.3, 0.4) is 0 Å². The van der Waals surface area contributed by atoms with Crippen LogP contribution in [0.2, 0.25) is 0 Å². The molecule has 1 aliphatic heterocycles. The molecule has 2 unspecified atom stereocenters. The van der Waals surface area contributed by atoms with E-state index in [1.807, 2.05) is 6.92 Å². The minimum absolute atomic E-state index is 0.00593. The second-order valence-electron chi connectivity index (χ2n) is 5.06. The van der Waals surface area contributed by atoms with E-state index in [-0.39, 0.29) is 16.7 Å². The number of benzene rings is 1. The molecule has 0 aromatic heterocycles. The van der Waals surface area contributed by atoms with Crippen LogP contribution in [-0.4, -0.2) is 30.4 Å². The van der Waals surface area contributed by atoms with Crippen LogP contribution < -0.4 is 0 Å². The summed E-state index contributed by atoms with van der Waals surface area (Å²) in [5, 5.41) is 9.71. The Morgan fingerprint density at radius 1 is 1.28 bits per heavy atom. The van der Waals surface area contributed by atoms with Gasteiger partial charge < -0.3 is 5.11 Å². The average Bonchev–Trinajstić information content (AvgIpc) is 2.28. The van der Waals surface area contributed by atoms with Crippen LogP contribution >= 0.6 is 0 Å². The number of sulfonamides is 1. The van der Waals surface area contributed by atoms with Gasteiger partial charge in [-0.05, 0) is 37.8 Å². The molecule has 1 heterocycles. The van der Waals surface area contributed by atoms with Gasteiger partial charge in [-0.3, -0.25) is 0 Å². The monoisotopic (exact) mass is 269 g/mol. The van der Waals surface area contributed by atoms with Crippen molar-refractivity contribution in [3.63, 3.8) is 0 Å². The van der Waals surface area contributed by atoms with Gasteiger partial charge in [0, 0.05) is 12.6 Å². The topological polar surface area (TPSA) is 57.6 Å². The summed E-state index contributed by atoms with van der Waals surface area (Å²) in [4.78, 5) is 0.00593. The molecule has 0 amide bonds. The van der Waals surface area contributed by atoms with E-state index in [0.29, 0.717) is 12.5 Å². The Morgan fingerprint density at radius 2 is 1.94 bits per heavy atom. The third-order valence-corrected chi connectivity index (χ3v) is 5.59. The fraction of sp³-hybridized carbons (Fsp3) is 0.538. The number of rotatable bonds is 2. The van der Waals surface area contributed by atoms with Crippen molar-refractivity contribution in [3.8, 4) is 5.75 Å². The van der Waals surface area contributed by atoms with Crippen molar-refractivity contribution in [1.29, 1.82) is 0 Å². The van der Waals surface area contributed by atoms with Gasteiger partial charge in [-0.1, -0.05) is 19.1 Å². The minimum Gasteiger partial charge on any atom is -0.507 e. The zero-order chi connectivity index (χ0) is 13.3. The summed E-state index contributed by atoms with van der Waals surface area (Å²) >= 11 is 0. The van der Waals surface area contributed by atoms with Gasteiger partial charge in [0.2, 0.25) is 10.0 Å². The normalized spacial score (nSPS) is 26.1. The molecule has 0 radical (unpaired) electrons. The zero-order valence-electron chi connectivity index (χ0n) is 10.7. The number of aromatic hydroxyl groups is 1. The van der Waals surface area contributed by atoms with E-state index in [4.69, 9.17) is 0 Å². The maximum absolute atomic E-state index is 12.5. The first-order chi connectivity index (χ1) is 8.43. The number of nitrogens with zero attached hydrogens (tertiary/aromatic N) is 1. The molecule has 1 aromatic carbocycles. The SMILES string of the molecule is CC1CCN(S(=O)(=O)c2ccccc2O)C(C)C1. The third kappa shape index (κ3) is 2.37. The summed E-state index contributed by atoms with van der Waals surface area (Å²) in [6.45, 7) is 4.59. The number of hydrogen-bond donors (Lipinski definition) is 1. The standard InChI is InChI=1S/C13H19NO3S/c1-10-7-8-14(11(2)9-10)18(16,17)13-6-4-3-5-12(13)15/h3-6,10-11,15H,7-9H2,1-2H3. The molecule has 0 saturated carbocycles. The van der Waals surface area contributed by atoms with Crippen LogP contribution in [0, 0.1) is 5.92 Å². The van der Waals surface area contributed by atoms with Gasteiger partial charge in [-0.25, -0.2) is 8.42 Å². The minimum atomic E-state index is -3.58. The average molecular weight is 269 g/mol. The van der Waals surface area contributed by atoms with Crippen LogP contribution in [0.1, 0.15) is 26.7 Å². The second-order valence-corrected chi connectivity index (χ2v) is 6.92. The van der Waals surface area contributed by atoms with Crippen LogP contribution in [0.4, 0.5) is 0 Å². The molecular formula is C13H19NO3S. The van der Waals surface area contributed by atoms with Crippen molar-refractivity contribution < 1.29 is 13.5 Å². The number of phenolic OH excluding ortho intramolecular Hbond substituents is 1. The number of hydrogen-bond acceptors (Lipinski definition) is 3. The molecule has 2 atom stereocenters. The van der Waals surface area contributed by atoms with Crippen molar-refractivity contribution in [2.75, 3.05) is 6.54 Å². The molecule has 1 aromatic rings. The van der Waals surface area contributed by atoms with Crippen molar-refractivity contribution in [1.82, 2.24) is 4.31 Å². The van der Waals surface area contributed by atoms with Gasteiger partial charge in [0.15, 0.2) is 0 Å². The summed E-state index contributed by atoms with van der Waals surface area (Å²) in [5.74, 6) is 0.374. The maximum atomic E-state index is 12.5. The van der Waals surface area contributed by atoms with Crippen molar-refractivity contribution in [2.45, 2.75) is 37.6 Å².